The molecular weight excluding hydrogens is 264 g/mol. The van der Waals surface area contributed by atoms with Gasteiger partial charge in [0, 0.05) is 39.6 Å². The van der Waals surface area contributed by atoms with Gasteiger partial charge >= 0.3 is 0 Å². The van der Waals surface area contributed by atoms with E-state index >= 15 is 0 Å². The second-order valence-electron chi connectivity index (χ2n) is 4.67. The average molecular weight is 303 g/mol. The predicted octanol–water partition coefficient (Wildman–Crippen LogP) is 3.41. The summed E-state index contributed by atoms with van der Waals surface area (Å²) in [6.07, 6.45) is 3.33. The van der Waals surface area contributed by atoms with Crippen molar-refractivity contribution in [3.63, 3.8) is 0 Å². The van der Waals surface area contributed by atoms with Gasteiger partial charge in [0.15, 0.2) is 0 Å². The van der Waals surface area contributed by atoms with Crippen LogP contribution in [0.5, 0.6) is 0 Å². The highest BCUT2D eigenvalue weighted by molar-refractivity contribution is 5.73. The van der Waals surface area contributed by atoms with Crippen LogP contribution in [0, 0.1) is 0 Å². The summed E-state index contributed by atoms with van der Waals surface area (Å²) in [5.41, 5.74) is 0. The number of morpholine rings is 1. The van der Waals surface area contributed by atoms with Gasteiger partial charge in [-0.05, 0) is 12.8 Å². The minimum atomic E-state index is 0.209. The molecule has 0 aliphatic carbocycles. The second-order valence-corrected chi connectivity index (χ2v) is 4.67. The van der Waals surface area contributed by atoms with E-state index in [1.807, 2.05) is 32.6 Å². The number of carbonyl (C=O) groups excluding carboxylic acids is 1. The molecule has 4 nitrogen and oxygen atoms in total. The Balaban J connectivity index is 0. The van der Waals surface area contributed by atoms with Gasteiger partial charge in [-0.1, -0.05) is 41.0 Å². The monoisotopic (exact) mass is 302 g/mol. The third-order valence-electron chi connectivity index (χ3n) is 3.23. The molecule has 128 valence electrons. The highest BCUT2D eigenvalue weighted by Gasteiger charge is 2.11. The fourth-order valence-electron chi connectivity index (χ4n) is 2.09. The maximum absolute atomic E-state index is 11.4. The van der Waals surface area contributed by atoms with Crippen molar-refractivity contribution in [3.05, 3.63) is 0 Å². The Bertz CT molecular complexity index is 217. The largest absolute Gasteiger partial charge is 0.379 e. The lowest BCUT2D eigenvalue weighted by atomic mass is 10.2. The van der Waals surface area contributed by atoms with Gasteiger partial charge in [0.2, 0.25) is 5.91 Å². The zero-order chi connectivity index (χ0) is 16.5. The highest BCUT2D eigenvalue weighted by atomic mass is 16.5. The molecule has 0 N–H and O–H groups in total. The first kappa shape index (κ1) is 22.7. The van der Waals surface area contributed by atoms with Crippen LogP contribution in [0.15, 0.2) is 0 Å². The summed E-state index contributed by atoms with van der Waals surface area (Å²) in [4.78, 5) is 15.8. The fraction of sp³-hybridized carbons (Fsp3) is 0.941. The van der Waals surface area contributed by atoms with Crippen LogP contribution in [0.3, 0.4) is 0 Å². The Hall–Kier alpha value is -0.610. The number of nitrogens with zero attached hydrogens (tertiary/aromatic N) is 2. The first-order valence-corrected chi connectivity index (χ1v) is 8.79. The minimum Gasteiger partial charge on any atom is -0.379 e. The summed E-state index contributed by atoms with van der Waals surface area (Å²) in [5, 5.41) is 0. The van der Waals surface area contributed by atoms with Crippen LogP contribution in [0.4, 0.5) is 0 Å². The van der Waals surface area contributed by atoms with Crippen molar-refractivity contribution >= 4 is 5.91 Å². The lowest BCUT2D eigenvalue weighted by molar-refractivity contribution is -0.129. The molecule has 1 saturated heterocycles. The van der Waals surface area contributed by atoms with E-state index in [0.29, 0.717) is 0 Å². The van der Waals surface area contributed by atoms with Gasteiger partial charge in [-0.25, -0.2) is 0 Å². The van der Waals surface area contributed by atoms with Crippen LogP contribution in [0.2, 0.25) is 0 Å². The van der Waals surface area contributed by atoms with Gasteiger partial charge < -0.3 is 9.64 Å². The number of hydrogen-bond acceptors (Lipinski definition) is 3. The third kappa shape index (κ3) is 12.8. The first-order valence-electron chi connectivity index (χ1n) is 8.79. The molecule has 1 fully saturated rings. The molecule has 0 aromatic heterocycles. The molecule has 1 aliphatic heterocycles. The van der Waals surface area contributed by atoms with E-state index in [4.69, 9.17) is 4.74 Å². The summed E-state index contributed by atoms with van der Waals surface area (Å²) < 4.78 is 5.31. The summed E-state index contributed by atoms with van der Waals surface area (Å²) in [6.45, 7) is 18.5. The van der Waals surface area contributed by atoms with E-state index in [1.165, 1.54) is 0 Å². The van der Waals surface area contributed by atoms with E-state index in [-0.39, 0.29) is 5.91 Å². The van der Waals surface area contributed by atoms with Gasteiger partial charge in [-0.3, -0.25) is 9.69 Å². The number of hydrogen-bond donors (Lipinski definition) is 0. The minimum absolute atomic E-state index is 0.209. The van der Waals surface area contributed by atoms with Crippen LogP contribution >= 0.6 is 0 Å². The molecule has 0 aromatic carbocycles. The normalized spacial score (nSPS) is 14.4. The fourth-order valence-corrected chi connectivity index (χ4v) is 2.09. The lowest BCUT2D eigenvalue weighted by Gasteiger charge is -2.28. The molecule has 0 spiro atoms. The molecule has 0 bridgehead atoms. The molecule has 0 unspecified atom stereocenters. The third-order valence-corrected chi connectivity index (χ3v) is 3.23. The topological polar surface area (TPSA) is 32.8 Å². The Morgan fingerprint density at radius 3 is 2.05 bits per heavy atom. The molecule has 0 aromatic rings. The molecule has 1 amide bonds. The Labute approximate surface area is 132 Å². The van der Waals surface area contributed by atoms with Gasteiger partial charge in [0.1, 0.15) is 0 Å². The average Bonchev–Trinajstić information content (AvgIpc) is 2.55. The Morgan fingerprint density at radius 1 is 1.05 bits per heavy atom. The SMILES string of the molecule is CC.CC.CCCCN(CCCN1CCOCC1)C(C)=O. The quantitative estimate of drug-likeness (QED) is 0.722. The zero-order valence-electron chi connectivity index (χ0n) is 15.3. The summed E-state index contributed by atoms with van der Waals surface area (Å²) in [6, 6.07) is 0. The van der Waals surface area contributed by atoms with Crippen LogP contribution in [-0.2, 0) is 9.53 Å². The van der Waals surface area contributed by atoms with Crippen molar-refractivity contribution in [2.75, 3.05) is 45.9 Å². The summed E-state index contributed by atoms with van der Waals surface area (Å²) in [7, 11) is 0. The van der Waals surface area contributed by atoms with Crippen LogP contribution in [-0.4, -0.2) is 61.6 Å². The Morgan fingerprint density at radius 2 is 1.57 bits per heavy atom. The maximum atomic E-state index is 11.4. The smallest absolute Gasteiger partial charge is 0.219 e. The van der Waals surface area contributed by atoms with Crippen molar-refractivity contribution in [2.45, 2.75) is 60.8 Å². The molecular formula is C17H38N2O2. The second kappa shape index (κ2) is 17.4. The molecule has 1 heterocycles. The first-order chi connectivity index (χ1) is 10.2. The van der Waals surface area contributed by atoms with Crippen molar-refractivity contribution in [2.24, 2.45) is 0 Å². The molecule has 1 aliphatic rings. The Kier molecular flexibility index (Phi) is 18.8. The van der Waals surface area contributed by atoms with Gasteiger partial charge in [0.05, 0.1) is 13.2 Å². The van der Waals surface area contributed by atoms with Crippen molar-refractivity contribution in [3.8, 4) is 0 Å². The van der Waals surface area contributed by atoms with Crippen molar-refractivity contribution in [1.29, 1.82) is 0 Å². The molecule has 0 saturated carbocycles. The number of amides is 1. The lowest BCUT2D eigenvalue weighted by Crippen LogP contribution is -2.39. The molecule has 0 radical (unpaired) electrons. The van der Waals surface area contributed by atoms with Crippen LogP contribution in [0.25, 0.3) is 0 Å². The number of ether oxygens (including phenoxy) is 1. The van der Waals surface area contributed by atoms with E-state index in [9.17, 15) is 4.79 Å². The van der Waals surface area contributed by atoms with E-state index < -0.39 is 0 Å². The van der Waals surface area contributed by atoms with Crippen LogP contribution < -0.4 is 0 Å². The van der Waals surface area contributed by atoms with Gasteiger partial charge in [0.25, 0.3) is 0 Å². The van der Waals surface area contributed by atoms with E-state index in [2.05, 4.69) is 11.8 Å². The van der Waals surface area contributed by atoms with Gasteiger partial charge in [-0.15, -0.1) is 0 Å². The molecule has 21 heavy (non-hydrogen) atoms. The van der Waals surface area contributed by atoms with E-state index in [0.717, 1.165) is 65.2 Å². The van der Waals surface area contributed by atoms with Gasteiger partial charge in [-0.2, -0.15) is 0 Å². The molecule has 0 atom stereocenters. The van der Waals surface area contributed by atoms with E-state index in [1.54, 1.807) is 6.92 Å². The number of unbranched alkanes of at least 4 members (excludes halogenated alkanes) is 1. The predicted molar refractivity (Wildman–Crippen MR) is 91.7 cm³/mol. The van der Waals surface area contributed by atoms with Crippen molar-refractivity contribution < 1.29 is 9.53 Å². The molecule has 4 heteroatoms. The number of rotatable bonds is 7. The van der Waals surface area contributed by atoms with Crippen LogP contribution in [0.1, 0.15) is 60.8 Å². The number of carbonyl (C=O) groups is 1. The molecule has 1 rings (SSSR count). The zero-order valence-corrected chi connectivity index (χ0v) is 15.3. The standard InChI is InChI=1S/C13H26N2O2.2C2H6/c1-3-4-7-15(13(2)16)8-5-6-14-9-11-17-12-10-14;2*1-2/h3-12H2,1-2H3;2*1-2H3. The van der Waals surface area contributed by atoms with Crippen molar-refractivity contribution in [1.82, 2.24) is 9.80 Å². The maximum Gasteiger partial charge on any atom is 0.219 e. The summed E-state index contributed by atoms with van der Waals surface area (Å²) >= 11 is 0. The highest BCUT2D eigenvalue weighted by Crippen LogP contribution is 2.01. The summed E-state index contributed by atoms with van der Waals surface area (Å²) in [5.74, 6) is 0.209.